The van der Waals surface area contributed by atoms with E-state index in [-0.39, 0.29) is 12.5 Å². The third kappa shape index (κ3) is 5.80. The number of hydrogen-bond donors (Lipinski definition) is 2. The molecule has 1 aromatic rings. The highest BCUT2D eigenvalue weighted by Crippen LogP contribution is 2.04. The summed E-state index contributed by atoms with van der Waals surface area (Å²) in [5.74, 6) is 0.0235. The molecule has 0 radical (unpaired) electrons. The molecule has 0 aliphatic carbocycles. The molecule has 100 valence electrons. The zero-order valence-electron chi connectivity index (χ0n) is 10.8. The van der Waals surface area contributed by atoms with Crippen molar-refractivity contribution < 1.29 is 14.6 Å². The molecule has 0 heterocycles. The molecule has 4 nitrogen and oxygen atoms in total. The number of ether oxygens (including phenoxy) is 1. The number of hydrogen-bond acceptors (Lipinski definition) is 3. The first kappa shape index (κ1) is 14.7. The number of benzene rings is 1. The SMILES string of the molecule is CCOCCC(=O)NCCc1ccc(CO)cc1. The molecule has 0 saturated carbocycles. The van der Waals surface area contributed by atoms with E-state index >= 15 is 0 Å². The number of rotatable bonds is 8. The van der Waals surface area contributed by atoms with Crippen molar-refractivity contribution in [2.24, 2.45) is 0 Å². The monoisotopic (exact) mass is 251 g/mol. The van der Waals surface area contributed by atoms with Crippen molar-refractivity contribution in [1.82, 2.24) is 5.32 Å². The first-order valence-electron chi connectivity index (χ1n) is 6.29. The molecule has 18 heavy (non-hydrogen) atoms. The minimum absolute atomic E-state index is 0.0235. The molecule has 4 heteroatoms. The third-order valence-corrected chi connectivity index (χ3v) is 2.62. The molecule has 0 aliphatic heterocycles. The second kappa shape index (κ2) is 8.66. The number of carbonyl (C=O) groups is 1. The van der Waals surface area contributed by atoms with Gasteiger partial charge in [0, 0.05) is 19.6 Å². The number of nitrogens with one attached hydrogen (secondary N) is 1. The van der Waals surface area contributed by atoms with Crippen LogP contribution in [0.5, 0.6) is 0 Å². The van der Waals surface area contributed by atoms with Crippen LogP contribution in [-0.2, 0) is 22.6 Å². The van der Waals surface area contributed by atoms with Crippen LogP contribution < -0.4 is 5.32 Å². The van der Waals surface area contributed by atoms with Crippen LogP contribution in [0.1, 0.15) is 24.5 Å². The van der Waals surface area contributed by atoms with Gasteiger partial charge in [0.15, 0.2) is 0 Å². The molecule has 0 unspecified atom stereocenters. The van der Waals surface area contributed by atoms with Crippen LogP contribution in [0.2, 0.25) is 0 Å². The van der Waals surface area contributed by atoms with E-state index in [9.17, 15) is 4.79 Å². The maximum absolute atomic E-state index is 11.4. The highest BCUT2D eigenvalue weighted by molar-refractivity contribution is 5.75. The maximum atomic E-state index is 11.4. The summed E-state index contributed by atoms with van der Waals surface area (Å²) < 4.78 is 5.11. The first-order chi connectivity index (χ1) is 8.76. The molecule has 0 bridgehead atoms. The molecular weight excluding hydrogens is 230 g/mol. The minimum Gasteiger partial charge on any atom is -0.392 e. The predicted molar refractivity (Wildman–Crippen MR) is 70.2 cm³/mol. The summed E-state index contributed by atoms with van der Waals surface area (Å²) in [6.07, 6.45) is 1.21. The molecule has 2 N–H and O–H groups in total. The summed E-state index contributed by atoms with van der Waals surface area (Å²) in [5, 5.41) is 11.8. The molecule has 0 aliphatic rings. The maximum Gasteiger partial charge on any atom is 0.222 e. The Kier molecular flexibility index (Phi) is 7.06. The summed E-state index contributed by atoms with van der Waals surface area (Å²) in [6, 6.07) is 7.73. The highest BCUT2D eigenvalue weighted by atomic mass is 16.5. The average Bonchev–Trinajstić information content (AvgIpc) is 2.40. The second-order valence-electron chi connectivity index (χ2n) is 4.02. The molecule has 1 rings (SSSR count). The van der Waals surface area contributed by atoms with Crippen LogP contribution in [0, 0.1) is 0 Å². The lowest BCUT2D eigenvalue weighted by Crippen LogP contribution is -2.26. The molecule has 0 aromatic heterocycles. The second-order valence-corrected chi connectivity index (χ2v) is 4.02. The highest BCUT2D eigenvalue weighted by Gasteiger charge is 2.00. The van der Waals surface area contributed by atoms with E-state index in [0.717, 1.165) is 17.5 Å². The standard InChI is InChI=1S/C14H21NO3/c1-2-18-10-8-14(17)15-9-7-12-3-5-13(11-16)6-4-12/h3-6,16H,2,7-11H2,1H3,(H,15,17). The van der Waals surface area contributed by atoms with Crippen molar-refractivity contribution in [3.8, 4) is 0 Å². The normalized spacial score (nSPS) is 10.3. The summed E-state index contributed by atoms with van der Waals surface area (Å²) in [7, 11) is 0. The fourth-order valence-corrected chi connectivity index (χ4v) is 1.56. The zero-order chi connectivity index (χ0) is 13.2. The Morgan fingerprint density at radius 2 is 1.94 bits per heavy atom. The Balaban J connectivity index is 2.18. The molecule has 1 amide bonds. The summed E-state index contributed by atoms with van der Waals surface area (Å²) in [6.45, 7) is 3.73. The van der Waals surface area contributed by atoms with Crippen molar-refractivity contribution in [3.63, 3.8) is 0 Å². The first-order valence-corrected chi connectivity index (χ1v) is 6.29. The van der Waals surface area contributed by atoms with E-state index < -0.39 is 0 Å². The zero-order valence-corrected chi connectivity index (χ0v) is 10.8. The van der Waals surface area contributed by atoms with Gasteiger partial charge in [-0.3, -0.25) is 4.79 Å². The van der Waals surface area contributed by atoms with Gasteiger partial charge in [-0.05, 0) is 24.5 Å². The van der Waals surface area contributed by atoms with E-state index in [1.165, 1.54) is 0 Å². The molecular formula is C14H21NO3. The van der Waals surface area contributed by atoms with Crippen molar-refractivity contribution in [1.29, 1.82) is 0 Å². The Hall–Kier alpha value is -1.39. The van der Waals surface area contributed by atoms with Crippen molar-refractivity contribution in [3.05, 3.63) is 35.4 Å². The van der Waals surface area contributed by atoms with E-state index in [2.05, 4.69) is 5.32 Å². The molecule has 0 spiro atoms. The Bertz CT molecular complexity index is 349. The van der Waals surface area contributed by atoms with Gasteiger partial charge in [-0.2, -0.15) is 0 Å². The van der Waals surface area contributed by atoms with Gasteiger partial charge in [0.05, 0.1) is 13.2 Å². The van der Waals surface area contributed by atoms with Crippen molar-refractivity contribution in [2.75, 3.05) is 19.8 Å². The van der Waals surface area contributed by atoms with Crippen LogP contribution in [-0.4, -0.2) is 30.8 Å². The largest absolute Gasteiger partial charge is 0.392 e. The van der Waals surface area contributed by atoms with E-state index in [0.29, 0.717) is 26.2 Å². The quantitative estimate of drug-likeness (QED) is 0.684. The van der Waals surface area contributed by atoms with Gasteiger partial charge in [0.1, 0.15) is 0 Å². The fourth-order valence-electron chi connectivity index (χ4n) is 1.56. The van der Waals surface area contributed by atoms with Crippen molar-refractivity contribution >= 4 is 5.91 Å². The third-order valence-electron chi connectivity index (χ3n) is 2.62. The predicted octanol–water partition coefficient (Wildman–Crippen LogP) is 1.26. The number of amides is 1. The van der Waals surface area contributed by atoms with E-state index in [4.69, 9.17) is 9.84 Å². The summed E-state index contributed by atoms with van der Waals surface area (Å²) in [4.78, 5) is 11.4. The van der Waals surface area contributed by atoms with E-state index in [1.54, 1.807) is 0 Å². The average molecular weight is 251 g/mol. The lowest BCUT2D eigenvalue weighted by Gasteiger charge is -2.06. The Morgan fingerprint density at radius 1 is 1.28 bits per heavy atom. The lowest BCUT2D eigenvalue weighted by molar-refractivity contribution is -0.122. The van der Waals surface area contributed by atoms with Gasteiger partial charge in [-0.25, -0.2) is 0 Å². The summed E-state index contributed by atoms with van der Waals surface area (Å²) in [5.41, 5.74) is 2.05. The van der Waals surface area contributed by atoms with Gasteiger partial charge < -0.3 is 15.2 Å². The molecule has 1 aromatic carbocycles. The van der Waals surface area contributed by atoms with Crippen LogP contribution in [0.15, 0.2) is 24.3 Å². The Labute approximate surface area is 108 Å². The number of aliphatic hydroxyl groups is 1. The van der Waals surface area contributed by atoms with Crippen LogP contribution in [0.3, 0.4) is 0 Å². The van der Waals surface area contributed by atoms with Gasteiger partial charge >= 0.3 is 0 Å². The van der Waals surface area contributed by atoms with Crippen LogP contribution >= 0.6 is 0 Å². The topological polar surface area (TPSA) is 58.6 Å². The smallest absolute Gasteiger partial charge is 0.222 e. The van der Waals surface area contributed by atoms with Crippen LogP contribution in [0.4, 0.5) is 0 Å². The van der Waals surface area contributed by atoms with E-state index in [1.807, 2.05) is 31.2 Å². The Morgan fingerprint density at radius 3 is 2.56 bits per heavy atom. The number of aliphatic hydroxyl groups excluding tert-OH is 1. The minimum atomic E-state index is 0.0235. The lowest BCUT2D eigenvalue weighted by atomic mass is 10.1. The molecule has 0 fully saturated rings. The molecule has 0 atom stereocenters. The van der Waals surface area contributed by atoms with Gasteiger partial charge in [0.25, 0.3) is 0 Å². The summed E-state index contributed by atoms with van der Waals surface area (Å²) >= 11 is 0. The molecule has 0 saturated heterocycles. The van der Waals surface area contributed by atoms with Gasteiger partial charge in [-0.1, -0.05) is 24.3 Å². The van der Waals surface area contributed by atoms with Crippen molar-refractivity contribution in [2.45, 2.75) is 26.4 Å². The fraction of sp³-hybridized carbons (Fsp3) is 0.500. The van der Waals surface area contributed by atoms with Crippen LogP contribution in [0.25, 0.3) is 0 Å². The van der Waals surface area contributed by atoms with Gasteiger partial charge in [0.2, 0.25) is 5.91 Å². The van der Waals surface area contributed by atoms with Gasteiger partial charge in [-0.15, -0.1) is 0 Å². The number of carbonyl (C=O) groups excluding carboxylic acids is 1.